The Kier molecular flexibility index (Phi) is 5.38. The number of rotatable bonds is 6. The highest BCUT2D eigenvalue weighted by atomic mass is 16.5. The Bertz CT molecular complexity index is 1060. The normalized spacial score (nSPS) is 10.2. The number of fused-ring (bicyclic) bond motifs is 1. The molecule has 7 nitrogen and oxygen atoms in total. The first-order valence-electron chi connectivity index (χ1n) is 8.09. The Morgan fingerprint density at radius 3 is 2.59 bits per heavy atom. The number of hydrogen-bond donors (Lipinski definition) is 1. The predicted octanol–water partition coefficient (Wildman–Crippen LogP) is 2.49. The molecule has 0 aliphatic heterocycles. The van der Waals surface area contributed by atoms with E-state index in [0.717, 1.165) is 5.39 Å². The molecule has 0 saturated heterocycles. The third kappa shape index (κ3) is 4.25. The second-order valence-corrected chi connectivity index (χ2v) is 5.60. The quantitative estimate of drug-likeness (QED) is 0.533. The van der Waals surface area contributed by atoms with E-state index in [9.17, 15) is 9.59 Å². The summed E-state index contributed by atoms with van der Waals surface area (Å²) >= 11 is 0. The summed E-state index contributed by atoms with van der Waals surface area (Å²) in [6, 6.07) is 15.5. The number of nitrogens with zero attached hydrogens (tertiary/aromatic N) is 1. The zero-order valence-corrected chi connectivity index (χ0v) is 14.5. The number of amides is 1. The lowest BCUT2D eigenvalue weighted by atomic mass is 10.1. The molecular weight excluding hydrogens is 348 g/mol. The third-order valence-electron chi connectivity index (χ3n) is 3.84. The minimum absolute atomic E-state index is 0.0658. The molecular formula is C20H16N2O5. The van der Waals surface area contributed by atoms with Crippen LogP contribution in [0.25, 0.3) is 22.1 Å². The lowest BCUT2D eigenvalue weighted by Crippen LogP contribution is -2.28. The van der Waals surface area contributed by atoms with Crippen molar-refractivity contribution < 1.29 is 18.7 Å². The minimum atomic E-state index is -0.447. The topological polar surface area (TPSA) is 102 Å². The van der Waals surface area contributed by atoms with Gasteiger partial charge in [0.25, 0.3) is 5.91 Å². The molecule has 0 unspecified atom stereocenters. The molecule has 7 heteroatoms. The fourth-order valence-electron chi connectivity index (χ4n) is 2.50. The van der Waals surface area contributed by atoms with Crippen molar-refractivity contribution in [2.75, 3.05) is 20.3 Å². The Morgan fingerprint density at radius 2 is 1.89 bits per heavy atom. The van der Waals surface area contributed by atoms with Crippen molar-refractivity contribution >= 4 is 16.9 Å². The number of carbonyl (C=O) groups excluding carboxylic acids is 1. The van der Waals surface area contributed by atoms with Crippen LogP contribution in [0.5, 0.6) is 11.5 Å². The fraction of sp³-hybridized carbons (Fsp3) is 0.150. The van der Waals surface area contributed by atoms with E-state index in [1.807, 2.05) is 6.07 Å². The molecule has 2 aromatic carbocycles. The molecule has 3 rings (SSSR count). The van der Waals surface area contributed by atoms with Crippen molar-refractivity contribution in [3.8, 4) is 28.7 Å². The Balaban J connectivity index is 1.80. The standard InChI is InChI=1S/C20H16N2O5/c1-25-16-6-7-18-14(10-16)11-17(20(24)27-18)13-2-4-15(5-3-13)26-12-19(23)22-9-8-21/h2-7,10-11H,9,12H2,1H3,(H,22,23). The van der Waals surface area contributed by atoms with Crippen LogP contribution < -0.4 is 20.4 Å². The van der Waals surface area contributed by atoms with Gasteiger partial charge in [-0.3, -0.25) is 4.79 Å². The van der Waals surface area contributed by atoms with Crippen LogP contribution in [0.3, 0.4) is 0 Å². The van der Waals surface area contributed by atoms with Gasteiger partial charge >= 0.3 is 5.63 Å². The average molecular weight is 364 g/mol. The Labute approximate surface area is 154 Å². The Morgan fingerprint density at radius 1 is 1.15 bits per heavy atom. The van der Waals surface area contributed by atoms with Crippen LogP contribution in [-0.2, 0) is 4.79 Å². The van der Waals surface area contributed by atoms with Gasteiger partial charge in [0.15, 0.2) is 6.61 Å². The van der Waals surface area contributed by atoms with E-state index >= 15 is 0 Å². The third-order valence-corrected chi connectivity index (χ3v) is 3.84. The van der Waals surface area contributed by atoms with Crippen LogP contribution in [0.1, 0.15) is 0 Å². The summed E-state index contributed by atoms with van der Waals surface area (Å²) < 4.78 is 15.9. The molecule has 0 atom stereocenters. The lowest BCUT2D eigenvalue weighted by Gasteiger charge is -2.07. The molecule has 3 aromatic rings. The number of benzene rings is 2. The molecule has 0 bridgehead atoms. The van der Waals surface area contributed by atoms with Gasteiger partial charge in [0.2, 0.25) is 0 Å². The highest BCUT2D eigenvalue weighted by Gasteiger charge is 2.09. The van der Waals surface area contributed by atoms with Gasteiger partial charge in [-0.2, -0.15) is 5.26 Å². The fourth-order valence-corrected chi connectivity index (χ4v) is 2.50. The first-order valence-corrected chi connectivity index (χ1v) is 8.09. The first-order chi connectivity index (χ1) is 13.1. The molecule has 1 amide bonds. The smallest absolute Gasteiger partial charge is 0.344 e. The molecule has 0 aliphatic rings. The van der Waals surface area contributed by atoms with Crippen molar-refractivity contribution in [1.82, 2.24) is 5.32 Å². The van der Waals surface area contributed by atoms with E-state index in [1.165, 1.54) is 0 Å². The molecule has 0 saturated carbocycles. The van der Waals surface area contributed by atoms with Gasteiger partial charge in [0.05, 0.1) is 18.7 Å². The number of methoxy groups -OCH3 is 1. The van der Waals surface area contributed by atoms with Gasteiger partial charge < -0.3 is 19.2 Å². The minimum Gasteiger partial charge on any atom is -0.497 e. The summed E-state index contributed by atoms with van der Waals surface area (Å²) in [5, 5.41) is 11.5. The largest absolute Gasteiger partial charge is 0.497 e. The van der Waals surface area contributed by atoms with Crippen LogP contribution in [-0.4, -0.2) is 26.2 Å². The van der Waals surface area contributed by atoms with Crippen LogP contribution >= 0.6 is 0 Å². The molecule has 27 heavy (non-hydrogen) atoms. The average Bonchev–Trinajstić information content (AvgIpc) is 2.70. The number of hydrogen-bond acceptors (Lipinski definition) is 6. The van der Waals surface area contributed by atoms with E-state index in [4.69, 9.17) is 19.2 Å². The highest BCUT2D eigenvalue weighted by molar-refractivity contribution is 5.83. The number of nitriles is 1. The first kappa shape index (κ1) is 18.0. The SMILES string of the molecule is COc1ccc2oc(=O)c(-c3ccc(OCC(=O)NCC#N)cc3)cc2c1. The molecule has 1 N–H and O–H groups in total. The van der Waals surface area contributed by atoms with E-state index in [1.54, 1.807) is 55.6 Å². The summed E-state index contributed by atoms with van der Waals surface area (Å²) in [4.78, 5) is 23.7. The molecule has 136 valence electrons. The number of ether oxygens (including phenoxy) is 2. The summed E-state index contributed by atoms with van der Waals surface area (Å²) in [5.74, 6) is 0.753. The van der Waals surface area contributed by atoms with Crippen LogP contribution in [0.15, 0.2) is 57.7 Å². The van der Waals surface area contributed by atoms with E-state index in [-0.39, 0.29) is 19.1 Å². The maximum atomic E-state index is 12.3. The van der Waals surface area contributed by atoms with Gasteiger partial charge in [-0.15, -0.1) is 0 Å². The van der Waals surface area contributed by atoms with Crippen molar-refractivity contribution in [2.45, 2.75) is 0 Å². The highest BCUT2D eigenvalue weighted by Crippen LogP contribution is 2.25. The molecule has 0 fully saturated rings. The molecule has 1 aromatic heterocycles. The van der Waals surface area contributed by atoms with E-state index in [0.29, 0.717) is 28.2 Å². The lowest BCUT2D eigenvalue weighted by molar-refractivity contribution is -0.122. The zero-order valence-electron chi connectivity index (χ0n) is 14.5. The number of carbonyl (C=O) groups is 1. The van der Waals surface area contributed by atoms with Gasteiger partial charge in [-0.05, 0) is 42.0 Å². The van der Waals surface area contributed by atoms with Crippen molar-refractivity contribution in [3.05, 3.63) is 59.0 Å². The molecule has 1 heterocycles. The summed E-state index contributed by atoms with van der Waals surface area (Å²) in [5.41, 5.74) is 1.11. The van der Waals surface area contributed by atoms with Crippen LogP contribution in [0.4, 0.5) is 0 Å². The summed E-state index contributed by atoms with van der Waals surface area (Å²) in [6.45, 7) is -0.261. The van der Waals surface area contributed by atoms with E-state index in [2.05, 4.69) is 5.32 Å². The van der Waals surface area contributed by atoms with Crippen molar-refractivity contribution in [2.24, 2.45) is 0 Å². The molecule has 0 spiro atoms. The maximum absolute atomic E-state index is 12.3. The predicted molar refractivity (Wildman–Crippen MR) is 98.6 cm³/mol. The van der Waals surface area contributed by atoms with Crippen molar-refractivity contribution in [1.29, 1.82) is 5.26 Å². The van der Waals surface area contributed by atoms with Crippen molar-refractivity contribution in [3.63, 3.8) is 0 Å². The molecule has 0 aliphatic carbocycles. The van der Waals surface area contributed by atoms with Crippen LogP contribution in [0.2, 0.25) is 0 Å². The van der Waals surface area contributed by atoms with Gasteiger partial charge in [-0.25, -0.2) is 4.79 Å². The maximum Gasteiger partial charge on any atom is 0.344 e. The summed E-state index contributed by atoms with van der Waals surface area (Å²) in [6.07, 6.45) is 0. The summed E-state index contributed by atoms with van der Waals surface area (Å²) in [7, 11) is 1.57. The van der Waals surface area contributed by atoms with Crippen LogP contribution in [0, 0.1) is 11.3 Å². The second kappa shape index (κ2) is 8.06. The zero-order chi connectivity index (χ0) is 19.2. The van der Waals surface area contributed by atoms with Gasteiger partial charge in [0.1, 0.15) is 23.6 Å². The monoisotopic (exact) mass is 364 g/mol. The van der Waals surface area contributed by atoms with E-state index < -0.39 is 5.63 Å². The Hall–Kier alpha value is -3.79. The number of nitrogens with one attached hydrogen (secondary N) is 1. The molecule has 0 radical (unpaired) electrons. The second-order valence-electron chi connectivity index (χ2n) is 5.60. The van der Waals surface area contributed by atoms with Gasteiger partial charge in [0, 0.05) is 5.39 Å². The van der Waals surface area contributed by atoms with Gasteiger partial charge in [-0.1, -0.05) is 12.1 Å².